The lowest BCUT2D eigenvalue weighted by Gasteiger charge is -2.33. The van der Waals surface area contributed by atoms with Crippen molar-refractivity contribution >= 4 is 5.91 Å². The Labute approximate surface area is 145 Å². The first-order chi connectivity index (χ1) is 12.2. The minimum atomic E-state index is -0.353. The Bertz CT molecular complexity index is 739. The normalized spacial score (nSPS) is 20.5. The molecule has 7 nitrogen and oxygen atoms in total. The van der Waals surface area contributed by atoms with E-state index in [4.69, 9.17) is 13.9 Å². The largest absolute Gasteiger partial charge is 0.493 e. The number of nitrogens with zero attached hydrogens (tertiary/aromatic N) is 3. The van der Waals surface area contributed by atoms with Crippen LogP contribution in [0.25, 0.3) is 0 Å². The van der Waals surface area contributed by atoms with Crippen LogP contribution in [0.1, 0.15) is 41.0 Å². The van der Waals surface area contributed by atoms with Crippen molar-refractivity contribution in [1.82, 2.24) is 15.1 Å². The number of amides is 1. The van der Waals surface area contributed by atoms with Crippen molar-refractivity contribution in [1.29, 1.82) is 0 Å². The zero-order valence-electron chi connectivity index (χ0n) is 14.2. The Kier molecular flexibility index (Phi) is 4.40. The Morgan fingerprint density at radius 2 is 2.08 bits per heavy atom. The summed E-state index contributed by atoms with van der Waals surface area (Å²) in [6.45, 7) is 3.83. The van der Waals surface area contributed by atoms with Gasteiger partial charge in [-0.05, 0) is 43.0 Å². The topological polar surface area (TPSA) is 77.7 Å². The fourth-order valence-corrected chi connectivity index (χ4v) is 2.86. The lowest BCUT2D eigenvalue weighted by molar-refractivity contribution is -0.0106. The van der Waals surface area contributed by atoms with Crippen molar-refractivity contribution in [2.24, 2.45) is 5.92 Å². The second kappa shape index (κ2) is 6.84. The van der Waals surface area contributed by atoms with Crippen molar-refractivity contribution in [3.8, 4) is 5.75 Å². The number of benzene rings is 1. The molecule has 0 radical (unpaired) electrons. The van der Waals surface area contributed by atoms with Crippen molar-refractivity contribution in [2.75, 3.05) is 26.4 Å². The molecule has 1 aromatic heterocycles. The molecule has 0 spiro atoms. The smallest absolute Gasteiger partial charge is 0.254 e. The van der Waals surface area contributed by atoms with E-state index in [2.05, 4.69) is 10.2 Å². The van der Waals surface area contributed by atoms with Gasteiger partial charge in [0.1, 0.15) is 11.8 Å². The maximum absolute atomic E-state index is 12.9. The predicted molar refractivity (Wildman–Crippen MR) is 88.3 cm³/mol. The van der Waals surface area contributed by atoms with Crippen molar-refractivity contribution in [3.63, 3.8) is 0 Å². The van der Waals surface area contributed by atoms with Crippen LogP contribution in [0.3, 0.4) is 0 Å². The monoisotopic (exact) mass is 343 g/mol. The average Bonchev–Trinajstić information content (AvgIpc) is 3.39. The van der Waals surface area contributed by atoms with Gasteiger partial charge in [0.15, 0.2) is 0 Å². The molecule has 1 aromatic carbocycles. The van der Waals surface area contributed by atoms with E-state index in [1.165, 1.54) is 12.8 Å². The first-order valence-corrected chi connectivity index (χ1v) is 8.62. The zero-order valence-corrected chi connectivity index (χ0v) is 14.2. The van der Waals surface area contributed by atoms with Crippen LogP contribution in [0.15, 0.2) is 28.7 Å². The fourth-order valence-electron chi connectivity index (χ4n) is 2.86. The summed E-state index contributed by atoms with van der Waals surface area (Å²) in [6.07, 6.45) is 2.51. The molecular formula is C18H21N3O4. The molecule has 7 heteroatoms. The first-order valence-electron chi connectivity index (χ1n) is 8.62. The van der Waals surface area contributed by atoms with Gasteiger partial charge in [0.2, 0.25) is 11.8 Å². The second-order valence-corrected chi connectivity index (χ2v) is 6.53. The molecule has 4 rings (SSSR count). The zero-order chi connectivity index (χ0) is 17.2. The Hall–Kier alpha value is -2.41. The van der Waals surface area contributed by atoms with Crippen LogP contribution in [0.4, 0.5) is 0 Å². The Morgan fingerprint density at radius 3 is 2.76 bits per heavy atom. The summed E-state index contributed by atoms with van der Waals surface area (Å²) in [7, 11) is 0. The number of hydrogen-bond acceptors (Lipinski definition) is 6. The summed E-state index contributed by atoms with van der Waals surface area (Å²) in [5.41, 5.74) is 0.613. The van der Waals surface area contributed by atoms with Gasteiger partial charge in [-0.2, -0.15) is 0 Å². The number of ether oxygens (including phenoxy) is 2. The number of aromatic nitrogens is 2. The SMILES string of the molecule is Cc1nnc([C@@H]2COCCN2C(=O)c2ccc(OCC3CC3)cc2)o1. The van der Waals surface area contributed by atoms with Gasteiger partial charge in [-0.1, -0.05) is 0 Å². The van der Waals surface area contributed by atoms with Crippen LogP contribution in [-0.4, -0.2) is 47.4 Å². The number of morpholine rings is 1. The summed E-state index contributed by atoms with van der Waals surface area (Å²) < 4.78 is 16.7. The lowest BCUT2D eigenvalue weighted by Crippen LogP contribution is -2.43. The first kappa shape index (κ1) is 16.1. The molecule has 2 fully saturated rings. The summed E-state index contributed by atoms with van der Waals surface area (Å²) in [6, 6.07) is 6.95. The Balaban J connectivity index is 1.47. The molecule has 1 saturated carbocycles. The van der Waals surface area contributed by atoms with Gasteiger partial charge in [-0.25, -0.2) is 0 Å². The summed E-state index contributed by atoms with van der Waals surface area (Å²) >= 11 is 0. The quantitative estimate of drug-likeness (QED) is 0.829. The van der Waals surface area contributed by atoms with E-state index in [1.54, 1.807) is 24.0 Å². The second-order valence-electron chi connectivity index (χ2n) is 6.53. The molecule has 1 amide bonds. The van der Waals surface area contributed by atoms with E-state index in [-0.39, 0.29) is 11.9 Å². The number of carbonyl (C=O) groups excluding carboxylic acids is 1. The standard InChI is InChI=1S/C18H21N3O4/c1-12-19-20-17(25-12)16-11-23-9-8-21(16)18(22)14-4-6-15(7-5-14)24-10-13-2-3-13/h4-7,13,16H,2-3,8-11H2,1H3/t16-/m0/s1. The fraction of sp³-hybridized carbons (Fsp3) is 0.500. The van der Waals surface area contributed by atoms with E-state index < -0.39 is 0 Å². The van der Waals surface area contributed by atoms with Crippen molar-refractivity contribution in [2.45, 2.75) is 25.8 Å². The predicted octanol–water partition coefficient (Wildman–Crippen LogP) is 2.38. The summed E-state index contributed by atoms with van der Waals surface area (Å²) in [5.74, 6) is 2.32. The summed E-state index contributed by atoms with van der Waals surface area (Å²) in [4.78, 5) is 14.7. The highest BCUT2D eigenvalue weighted by Gasteiger charge is 2.33. The number of hydrogen-bond donors (Lipinski definition) is 0. The van der Waals surface area contributed by atoms with E-state index in [0.717, 1.165) is 12.4 Å². The minimum Gasteiger partial charge on any atom is -0.493 e. The molecule has 132 valence electrons. The lowest BCUT2D eigenvalue weighted by atomic mass is 10.1. The van der Waals surface area contributed by atoms with Gasteiger partial charge >= 0.3 is 0 Å². The molecule has 0 N–H and O–H groups in total. The van der Waals surface area contributed by atoms with E-state index >= 15 is 0 Å². The highest BCUT2D eigenvalue weighted by molar-refractivity contribution is 5.94. The molecular weight excluding hydrogens is 322 g/mol. The maximum Gasteiger partial charge on any atom is 0.254 e. The van der Waals surface area contributed by atoms with Gasteiger partial charge in [-0.3, -0.25) is 4.79 Å². The van der Waals surface area contributed by atoms with E-state index in [0.29, 0.717) is 43.0 Å². The highest BCUT2D eigenvalue weighted by Crippen LogP contribution is 2.30. The molecule has 0 bridgehead atoms. The third-order valence-electron chi connectivity index (χ3n) is 4.50. The molecule has 1 atom stereocenters. The van der Waals surface area contributed by atoms with E-state index in [1.807, 2.05) is 12.1 Å². The average molecular weight is 343 g/mol. The molecule has 2 aromatic rings. The number of aryl methyl sites for hydroxylation is 1. The minimum absolute atomic E-state index is 0.0714. The molecule has 0 unspecified atom stereocenters. The molecule has 1 aliphatic heterocycles. The summed E-state index contributed by atoms with van der Waals surface area (Å²) in [5, 5.41) is 7.90. The van der Waals surface area contributed by atoms with Gasteiger partial charge in [0.25, 0.3) is 5.91 Å². The van der Waals surface area contributed by atoms with Crippen LogP contribution in [0.5, 0.6) is 5.75 Å². The van der Waals surface area contributed by atoms with Crippen LogP contribution in [-0.2, 0) is 4.74 Å². The van der Waals surface area contributed by atoms with Gasteiger partial charge in [0, 0.05) is 19.0 Å². The van der Waals surface area contributed by atoms with Crippen LogP contribution in [0, 0.1) is 12.8 Å². The van der Waals surface area contributed by atoms with Gasteiger partial charge in [-0.15, -0.1) is 10.2 Å². The van der Waals surface area contributed by atoms with E-state index in [9.17, 15) is 4.79 Å². The third-order valence-corrected chi connectivity index (χ3v) is 4.50. The number of rotatable bonds is 5. The van der Waals surface area contributed by atoms with Crippen molar-refractivity contribution < 1.29 is 18.7 Å². The highest BCUT2D eigenvalue weighted by atomic mass is 16.5. The molecule has 2 heterocycles. The van der Waals surface area contributed by atoms with Crippen LogP contribution >= 0.6 is 0 Å². The van der Waals surface area contributed by atoms with Crippen LogP contribution < -0.4 is 4.74 Å². The molecule has 25 heavy (non-hydrogen) atoms. The van der Waals surface area contributed by atoms with Crippen LogP contribution in [0.2, 0.25) is 0 Å². The maximum atomic E-state index is 12.9. The Morgan fingerprint density at radius 1 is 1.28 bits per heavy atom. The third kappa shape index (κ3) is 3.66. The molecule has 1 aliphatic carbocycles. The number of carbonyl (C=O) groups is 1. The van der Waals surface area contributed by atoms with Gasteiger partial charge in [0.05, 0.1) is 19.8 Å². The van der Waals surface area contributed by atoms with Gasteiger partial charge < -0.3 is 18.8 Å². The van der Waals surface area contributed by atoms with Crippen molar-refractivity contribution in [3.05, 3.63) is 41.6 Å². The molecule has 1 saturated heterocycles. The molecule has 2 aliphatic rings.